The molecule has 0 aliphatic carbocycles. The molecule has 0 radical (unpaired) electrons. The van der Waals surface area contributed by atoms with E-state index >= 15 is 0 Å². The maximum atomic E-state index is 8.99. The molecule has 0 saturated carbocycles. The van der Waals surface area contributed by atoms with Gasteiger partial charge in [-0.1, -0.05) is 0 Å². The fourth-order valence-corrected chi connectivity index (χ4v) is 0. The molecule has 0 rings (SSSR count). The van der Waals surface area contributed by atoms with E-state index in [1.807, 2.05) is 0 Å². The van der Waals surface area contributed by atoms with E-state index in [0.717, 1.165) is 0 Å². The highest BCUT2D eigenvalue weighted by Gasteiger charge is 1.31. The molecule has 0 aromatic carbocycles. The van der Waals surface area contributed by atoms with Crippen LogP contribution in [-0.2, 0) is 4.79 Å². The molecule has 0 heterocycles. The minimum absolute atomic E-state index is 0. The van der Waals surface area contributed by atoms with E-state index in [0.29, 0.717) is 0 Å². The van der Waals surface area contributed by atoms with Crippen molar-refractivity contribution in [3.63, 3.8) is 0 Å². The van der Waals surface area contributed by atoms with Gasteiger partial charge in [-0.15, -0.1) is 0 Å². The van der Waals surface area contributed by atoms with Crippen LogP contribution in [0.2, 0.25) is 0 Å². The van der Waals surface area contributed by atoms with E-state index < -0.39 is 0 Å². The molecule has 0 aliphatic rings. The quantitative estimate of drug-likeness (QED) is 0.429. The molecule has 0 unspecified atom stereocenters. The predicted molar refractivity (Wildman–Crippen MR) is 26.0 cm³/mol. The zero-order valence-corrected chi connectivity index (χ0v) is 3.90. The lowest BCUT2D eigenvalue weighted by Crippen LogP contribution is -1.32. The maximum Gasteiger partial charge on any atom is 0.119 e. The summed E-state index contributed by atoms with van der Waals surface area (Å²) in [6.07, 6.45) is 1.32. The van der Waals surface area contributed by atoms with Gasteiger partial charge < -0.3 is 12.3 Å². The summed E-state index contributed by atoms with van der Waals surface area (Å²) in [7, 11) is 0. The molecule has 0 aromatic heterocycles. The van der Waals surface area contributed by atoms with Crippen LogP contribution in [0.1, 0.15) is 6.92 Å². The highest BCUT2D eigenvalue weighted by molar-refractivity contribution is 5.43. The van der Waals surface area contributed by atoms with E-state index in [2.05, 4.69) is 0 Å². The highest BCUT2D eigenvalue weighted by Crippen LogP contribution is 1.36. The number of allylic oxidation sites excluding steroid dienone is 1. The molecule has 3 nitrogen and oxygen atoms in total. The fraction of sp³-hybridized carbons (Fsp3) is 0.333. The Morgan fingerprint density at radius 1 is 1.50 bits per heavy atom. The van der Waals surface area contributed by atoms with E-state index in [1.54, 1.807) is 12.9 Å². The van der Waals surface area contributed by atoms with Crippen molar-refractivity contribution in [2.24, 2.45) is 0 Å². The van der Waals surface area contributed by atoms with E-state index in [9.17, 15) is 0 Å². The second-order valence-electron chi connectivity index (χ2n) is 0.407. The first kappa shape index (κ1) is 18.3. The Kier molecular flexibility index (Phi) is 80.5. The molecule has 0 saturated heterocycles. The summed E-state index contributed by atoms with van der Waals surface area (Å²) in [5.41, 5.74) is 0. The zero-order valence-electron chi connectivity index (χ0n) is 3.90. The number of carbonyl (C=O) groups excluding carboxylic acids is 1. The van der Waals surface area contributed by atoms with Gasteiger partial charge in [0.15, 0.2) is 0 Å². The van der Waals surface area contributed by atoms with Gasteiger partial charge in [-0.25, -0.2) is 4.79 Å². The molecule has 0 aliphatic heterocycles. The Morgan fingerprint density at radius 3 is 1.67 bits per heavy atom. The molecule has 0 fully saturated rings. The molecule has 3 heteroatoms. The van der Waals surface area contributed by atoms with Gasteiger partial charge in [0, 0.05) is 0 Å². The Bertz CT molecular complexity index is 46.8. The van der Waals surface area contributed by atoms with Crippen LogP contribution in [0.3, 0.4) is 0 Å². The van der Waals surface area contributed by atoms with Crippen molar-refractivity contribution in [3.8, 4) is 0 Å². The van der Waals surface area contributed by atoms with E-state index in [1.165, 1.54) is 6.08 Å². The average molecular weight is 90.1 g/mol. The van der Waals surface area contributed by atoms with Gasteiger partial charge in [-0.3, -0.25) is 0 Å². The molecule has 0 spiro atoms. The third-order valence-electron chi connectivity index (χ3n) is 0.118. The summed E-state index contributed by atoms with van der Waals surface area (Å²) < 4.78 is 0. The second kappa shape index (κ2) is 26.4. The summed E-state index contributed by atoms with van der Waals surface area (Å²) in [5, 5.41) is 0. The van der Waals surface area contributed by atoms with Crippen molar-refractivity contribution in [2.45, 2.75) is 6.92 Å². The first-order valence-electron chi connectivity index (χ1n) is 1.07. The third-order valence-corrected chi connectivity index (χ3v) is 0.118. The summed E-state index contributed by atoms with van der Waals surface area (Å²) in [6.45, 7) is 1.63. The van der Waals surface area contributed by atoms with Gasteiger partial charge in [-0.05, 0) is 13.0 Å². The van der Waals surface area contributed by atoms with Crippen LogP contribution in [0, 0.1) is 0 Å². The van der Waals surface area contributed by atoms with Crippen LogP contribution in [-0.4, -0.2) is 5.94 Å². The minimum atomic E-state index is 0. The van der Waals surface area contributed by atoms with Gasteiger partial charge >= 0.3 is 0 Å². The van der Waals surface area contributed by atoms with Crippen molar-refractivity contribution >= 4 is 5.94 Å². The van der Waals surface area contributed by atoms with Gasteiger partial charge in [-0.2, -0.15) is 0 Å². The Balaban J connectivity index is -0.0000000450. The van der Waals surface area contributed by atoms with Crippen LogP contribution >= 0.6 is 0 Å². The lowest BCUT2D eigenvalue weighted by Gasteiger charge is -1.31. The Morgan fingerprint density at radius 2 is 1.67 bits per heavy atom. The molecule has 0 aromatic rings. The normalized spacial score (nSPS) is 2.83. The van der Waals surface area contributed by atoms with Crippen molar-refractivity contribution in [2.75, 3.05) is 0 Å². The number of hydrogen-bond donors (Lipinski definition) is 2. The molecular formula is C3H10N2O. The monoisotopic (exact) mass is 90.1 g/mol. The topological polar surface area (TPSA) is 87.1 Å². The smallest absolute Gasteiger partial charge is 0.119 e. The van der Waals surface area contributed by atoms with Crippen LogP contribution in [0.25, 0.3) is 0 Å². The van der Waals surface area contributed by atoms with E-state index in [4.69, 9.17) is 4.79 Å². The summed E-state index contributed by atoms with van der Waals surface area (Å²) in [4.78, 5) is 8.99. The van der Waals surface area contributed by atoms with Crippen LogP contribution in [0.5, 0.6) is 0 Å². The van der Waals surface area contributed by atoms with Gasteiger partial charge in [0.05, 0.1) is 0 Å². The summed E-state index contributed by atoms with van der Waals surface area (Å²) >= 11 is 0. The van der Waals surface area contributed by atoms with Gasteiger partial charge in [0.1, 0.15) is 5.94 Å². The first-order chi connectivity index (χ1) is 1.91. The van der Waals surface area contributed by atoms with Crippen molar-refractivity contribution in [3.05, 3.63) is 6.08 Å². The van der Waals surface area contributed by atoms with Crippen molar-refractivity contribution < 1.29 is 4.79 Å². The molecule has 38 valence electrons. The Labute approximate surface area is 37.2 Å². The van der Waals surface area contributed by atoms with Gasteiger partial charge in [0.25, 0.3) is 0 Å². The molecular weight excluding hydrogens is 80.0 g/mol. The van der Waals surface area contributed by atoms with E-state index in [-0.39, 0.29) is 12.3 Å². The highest BCUT2D eigenvalue weighted by atomic mass is 16.1. The average Bonchev–Trinajstić information content (AvgIpc) is 1.37. The SMILES string of the molecule is CC=C=O.N.N. The molecule has 6 heavy (non-hydrogen) atoms. The zero-order chi connectivity index (χ0) is 3.41. The number of hydrogen-bond acceptors (Lipinski definition) is 3. The lowest BCUT2D eigenvalue weighted by atomic mass is 10.8. The Hall–Kier alpha value is -0.630. The van der Waals surface area contributed by atoms with Crippen molar-refractivity contribution in [1.29, 1.82) is 0 Å². The minimum Gasteiger partial charge on any atom is -0.344 e. The molecule has 0 amide bonds. The maximum absolute atomic E-state index is 8.99. The van der Waals surface area contributed by atoms with Crippen molar-refractivity contribution in [1.82, 2.24) is 12.3 Å². The molecule has 0 bridgehead atoms. The summed E-state index contributed by atoms with van der Waals surface area (Å²) in [6, 6.07) is 0. The molecule has 6 N–H and O–H groups in total. The lowest BCUT2D eigenvalue weighted by molar-refractivity contribution is 0.568. The predicted octanol–water partition coefficient (Wildman–Crippen LogP) is 0.718. The standard InChI is InChI=1S/C3H4O.2H3N/c1-2-3-4;;/h2H,1H3;2*1H3. The third kappa shape index (κ3) is 138. The van der Waals surface area contributed by atoms with Crippen LogP contribution in [0.15, 0.2) is 6.08 Å². The number of rotatable bonds is 0. The largest absolute Gasteiger partial charge is 0.344 e. The first-order valence-corrected chi connectivity index (χ1v) is 1.07. The fourth-order valence-electron chi connectivity index (χ4n) is 0. The second-order valence-corrected chi connectivity index (χ2v) is 0.407. The van der Waals surface area contributed by atoms with Crippen LogP contribution in [0.4, 0.5) is 0 Å². The van der Waals surface area contributed by atoms with Crippen LogP contribution < -0.4 is 12.3 Å². The molecule has 0 atom stereocenters. The van der Waals surface area contributed by atoms with Gasteiger partial charge in [0.2, 0.25) is 0 Å². The summed E-state index contributed by atoms with van der Waals surface area (Å²) in [5.74, 6) is 1.56.